The van der Waals surface area contributed by atoms with Gasteiger partial charge in [0.25, 0.3) is 0 Å². The number of carbonyl (C=O) groups is 1. The second kappa shape index (κ2) is 1.37. The first kappa shape index (κ1) is 5.42. The average molecular weight is 125 g/mol. The van der Waals surface area contributed by atoms with E-state index in [-0.39, 0.29) is 11.5 Å². The van der Waals surface area contributed by atoms with Gasteiger partial charge in [-0.3, -0.25) is 4.79 Å². The molecule has 50 valence electrons. The van der Waals surface area contributed by atoms with Gasteiger partial charge in [-0.1, -0.05) is 6.42 Å². The van der Waals surface area contributed by atoms with Gasteiger partial charge in [-0.25, -0.2) is 0 Å². The smallest absolute Gasteiger partial charge is 0.142 e. The van der Waals surface area contributed by atoms with Crippen LogP contribution in [0.25, 0.3) is 0 Å². The summed E-state index contributed by atoms with van der Waals surface area (Å²) >= 11 is 0. The zero-order chi connectivity index (χ0) is 6.48. The van der Waals surface area contributed by atoms with E-state index < -0.39 is 0 Å². The zero-order valence-corrected chi connectivity index (χ0v) is 5.39. The molecule has 0 saturated heterocycles. The van der Waals surface area contributed by atoms with Gasteiger partial charge in [0, 0.05) is 17.9 Å². The lowest BCUT2D eigenvalue weighted by atomic mass is 9.52. The van der Waals surface area contributed by atoms with Gasteiger partial charge in [0.1, 0.15) is 5.78 Å². The molecule has 1 spiro atoms. The SMILES string of the molecule is NC1CC(=O)C12CCC2. The molecule has 0 aromatic carbocycles. The molecular weight excluding hydrogens is 114 g/mol. The highest BCUT2D eigenvalue weighted by molar-refractivity contribution is 5.93. The van der Waals surface area contributed by atoms with Gasteiger partial charge in [0.15, 0.2) is 0 Å². The van der Waals surface area contributed by atoms with Crippen molar-refractivity contribution in [2.24, 2.45) is 11.1 Å². The largest absolute Gasteiger partial charge is 0.326 e. The molecule has 2 heteroatoms. The lowest BCUT2D eigenvalue weighted by Gasteiger charge is -2.52. The van der Waals surface area contributed by atoms with Gasteiger partial charge in [0.2, 0.25) is 0 Å². The Morgan fingerprint density at radius 2 is 2.22 bits per heavy atom. The lowest BCUT2D eigenvalue weighted by molar-refractivity contribution is -0.148. The van der Waals surface area contributed by atoms with Crippen LogP contribution >= 0.6 is 0 Å². The Labute approximate surface area is 54.4 Å². The summed E-state index contributed by atoms with van der Waals surface area (Å²) in [5.74, 6) is 0.418. The Kier molecular flexibility index (Phi) is 0.826. The minimum absolute atomic E-state index is 0. The van der Waals surface area contributed by atoms with Crippen LogP contribution in [0.5, 0.6) is 0 Å². The van der Waals surface area contributed by atoms with E-state index in [2.05, 4.69) is 0 Å². The van der Waals surface area contributed by atoms with E-state index >= 15 is 0 Å². The maximum absolute atomic E-state index is 11.0. The minimum Gasteiger partial charge on any atom is -0.326 e. The molecule has 2 rings (SSSR count). The van der Waals surface area contributed by atoms with E-state index in [4.69, 9.17) is 5.73 Å². The van der Waals surface area contributed by atoms with Crippen molar-refractivity contribution in [1.82, 2.24) is 0 Å². The fourth-order valence-electron chi connectivity index (χ4n) is 1.88. The maximum Gasteiger partial charge on any atom is 0.142 e. The molecule has 0 aliphatic heterocycles. The number of hydrogen-bond donors (Lipinski definition) is 1. The summed E-state index contributed by atoms with van der Waals surface area (Å²) in [5, 5.41) is 0. The Hall–Kier alpha value is -0.370. The van der Waals surface area contributed by atoms with Crippen LogP contribution in [-0.2, 0) is 4.79 Å². The first-order valence-electron chi connectivity index (χ1n) is 3.55. The lowest BCUT2D eigenvalue weighted by Crippen LogP contribution is -2.62. The maximum atomic E-state index is 11.0. The van der Waals surface area contributed by atoms with Crippen molar-refractivity contribution in [3.05, 3.63) is 0 Å². The van der Waals surface area contributed by atoms with Crippen molar-refractivity contribution < 1.29 is 4.79 Å². The summed E-state index contributed by atoms with van der Waals surface area (Å²) in [7, 11) is 0. The fraction of sp³-hybridized carbons (Fsp3) is 0.857. The van der Waals surface area contributed by atoms with Crippen molar-refractivity contribution >= 4 is 5.78 Å². The highest BCUT2D eigenvalue weighted by Crippen LogP contribution is 2.52. The molecular formula is C7H11NO. The molecule has 2 fully saturated rings. The monoisotopic (exact) mass is 125 g/mol. The summed E-state index contributed by atoms with van der Waals surface area (Å²) in [6.07, 6.45) is 3.97. The van der Waals surface area contributed by atoms with Gasteiger partial charge >= 0.3 is 0 Å². The standard InChI is InChI=1S/C7H11NO/c8-5-4-6(9)7(5)2-1-3-7/h5H,1-4,8H2. The quantitative estimate of drug-likeness (QED) is 0.511. The summed E-state index contributed by atoms with van der Waals surface area (Å²) in [6.45, 7) is 0. The van der Waals surface area contributed by atoms with Gasteiger partial charge in [-0.05, 0) is 12.8 Å². The van der Waals surface area contributed by atoms with E-state index in [1.54, 1.807) is 0 Å². The van der Waals surface area contributed by atoms with Crippen LogP contribution in [0.2, 0.25) is 0 Å². The van der Waals surface area contributed by atoms with Crippen LogP contribution in [-0.4, -0.2) is 11.8 Å². The van der Waals surface area contributed by atoms with Crippen LogP contribution in [0.1, 0.15) is 25.7 Å². The van der Waals surface area contributed by atoms with E-state index in [0.29, 0.717) is 12.2 Å². The van der Waals surface area contributed by atoms with Crippen molar-refractivity contribution in [2.75, 3.05) is 0 Å². The third-order valence-corrected chi connectivity index (χ3v) is 2.92. The Morgan fingerprint density at radius 1 is 1.56 bits per heavy atom. The Morgan fingerprint density at radius 3 is 2.33 bits per heavy atom. The Bertz CT molecular complexity index is 160. The van der Waals surface area contributed by atoms with E-state index in [1.807, 2.05) is 0 Å². The number of rotatable bonds is 0. The van der Waals surface area contributed by atoms with Gasteiger partial charge in [0.05, 0.1) is 0 Å². The molecule has 0 aromatic heterocycles. The second-order valence-electron chi connectivity index (χ2n) is 3.24. The summed E-state index contributed by atoms with van der Waals surface area (Å²) < 4.78 is 0. The van der Waals surface area contributed by atoms with Crippen LogP contribution in [0.3, 0.4) is 0 Å². The van der Waals surface area contributed by atoms with Crippen molar-refractivity contribution in [3.8, 4) is 0 Å². The third-order valence-electron chi connectivity index (χ3n) is 2.92. The minimum atomic E-state index is 0. The van der Waals surface area contributed by atoms with Crippen LogP contribution < -0.4 is 5.73 Å². The van der Waals surface area contributed by atoms with Gasteiger partial charge < -0.3 is 5.73 Å². The number of carbonyl (C=O) groups excluding carboxylic acids is 1. The molecule has 1 atom stereocenters. The third kappa shape index (κ3) is 0.433. The molecule has 9 heavy (non-hydrogen) atoms. The van der Waals surface area contributed by atoms with Crippen LogP contribution in [0.4, 0.5) is 0 Å². The fourth-order valence-corrected chi connectivity index (χ4v) is 1.88. The topological polar surface area (TPSA) is 43.1 Å². The summed E-state index contributed by atoms with van der Waals surface area (Å²) in [5.41, 5.74) is 5.69. The van der Waals surface area contributed by atoms with Crippen molar-refractivity contribution in [1.29, 1.82) is 0 Å². The average Bonchev–Trinajstić information content (AvgIpc) is 1.60. The van der Waals surface area contributed by atoms with Gasteiger partial charge in [-0.2, -0.15) is 0 Å². The highest BCUT2D eigenvalue weighted by Gasteiger charge is 2.56. The van der Waals surface area contributed by atoms with Gasteiger partial charge in [-0.15, -0.1) is 0 Å². The predicted octanol–water partition coefficient (Wildman–Crippen LogP) is 0.457. The number of ketones is 1. The molecule has 0 radical (unpaired) electrons. The van der Waals surface area contributed by atoms with Crippen LogP contribution in [0.15, 0.2) is 0 Å². The molecule has 0 aromatic rings. The predicted molar refractivity (Wildman–Crippen MR) is 33.9 cm³/mol. The van der Waals surface area contributed by atoms with E-state index in [9.17, 15) is 4.79 Å². The molecule has 2 aliphatic carbocycles. The molecule has 2 N–H and O–H groups in total. The molecule has 0 heterocycles. The Balaban J connectivity index is 2.17. The second-order valence-corrected chi connectivity index (χ2v) is 3.24. The van der Waals surface area contributed by atoms with Crippen LogP contribution in [0, 0.1) is 5.41 Å². The first-order valence-corrected chi connectivity index (χ1v) is 3.55. The zero-order valence-electron chi connectivity index (χ0n) is 5.39. The van der Waals surface area contributed by atoms with Crippen molar-refractivity contribution in [2.45, 2.75) is 31.7 Å². The molecule has 2 aliphatic rings. The number of nitrogens with two attached hydrogens (primary N) is 1. The summed E-state index contributed by atoms with van der Waals surface area (Å²) in [6, 6.07) is 0.207. The molecule has 2 nitrogen and oxygen atoms in total. The highest BCUT2D eigenvalue weighted by atomic mass is 16.1. The molecule has 1 unspecified atom stereocenters. The van der Waals surface area contributed by atoms with E-state index in [0.717, 1.165) is 12.8 Å². The molecule has 0 amide bonds. The number of hydrogen-bond acceptors (Lipinski definition) is 2. The summed E-state index contributed by atoms with van der Waals surface area (Å²) in [4.78, 5) is 11.0. The normalized spacial score (nSPS) is 37.9. The molecule has 2 saturated carbocycles. The first-order chi connectivity index (χ1) is 4.26. The molecule has 0 bridgehead atoms. The number of Topliss-reactive ketones (excluding diaryl/α,β-unsaturated/α-hetero) is 1. The van der Waals surface area contributed by atoms with Crippen molar-refractivity contribution in [3.63, 3.8) is 0 Å². The van der Waals surface area contributed by atoms with E-state index in [1.165, 1.54) is 6.42 Å².